The first-order chi connectivity index (χ1) is 11.5. The number of fused-ring (bicyclic) bond motifs is 1. The Kier molecular flexibility index (Phi) is 4.16. The van der Waals surface area contributed by atoms with Crippen LogP contribution in [0.25, 0.3) is 11.3 Å². The van der Waals surface area contributed by atoms with Crippen molar-refractivity contribution in [1.29, 1.82) is 0 Å². The van der Waals surface area contributed by atoms with Crippen molar-refractivity contribution in [2.75, 3.05) is 11.5 Å². The molecule has 3 rings (SSSR count). The van der Waals surface area contributed by atoms with E-state index in [-0.39, 0.29) is 11.3 Å². The Balaban J connectivity index is 2.29. The van der Waals surface area contributed by atoms with Crippen molar-refractivity contribution in [3.05, 3.63) is 65.5 Å². The maximum atomic E-state index is 13.6. The molecule has 0 atom stereocenters. The van der Waals surface area contributed by atoms with Crippen molar-refractivity contribution in [2.45, 2.75) is 13.8 Å². The summed E-state index contributed by atoms with van der Waals surface area (Å²) in [7, 11) is 0. The van der Waals surface area contributed by atoms with Gasteiger partial charge < -0.3 is 4.74 Å². The highest BCUT2D eigenvalue weighted by Gasteiger charge is 2.38. The van der Waals surface area contributed by atoms with Gasteiger partial charge in [-0.1, -0.05) is 30.3 Å². The van der Waals surface area contributed by atoms with E-state index in [1.165, 1.54) is 25.1 Å². The number of anilines is 1. The largest absolute Gasteiger partial charge is 0.492 e. The van der Waals surface area contributed by atoms with Crippen LogP contribution in [0.3, 0.4) is 0 Å². The monoisotopic (exact) mass is 325 g/mol. The summed E-state index contributed by atoms with van der Waals surface area (Å²) in [5.41, 5.74) is 1.73. The quantitative estimate of drug-likeness (QED) is 0.639. The molecule has 5 heteroatoms. The van der Waals surface area contributed by atoms with Gasteiger partial charge in [-0.2, -0.15) is 0 Å². The zero-order chi connectivity index (χ0) is 17.3. The minimum atomic E-state index is -0.508. The minimum absolute atomic E-state index is 0.246. The number of rotatable bonds is 3. The first-order valence-electron chi connectivity index (χ1n) is 7.62. The van der Waals surface area contributed by atoms with E-state index in [0.717, 1.165) is 10.5 Å². The molecule has 1 aliphatic rings. The standard InChI is InChI=1S/C19H16FNO3/c1-3-24-18(13-7-5-4-6-8-13)17-15-10-9-14(20)11-16(15)21(12(2)22)19(17)23/h4-11H,3H2,1-2H3. The van der Waals surface area contributed by atoms with Gasteiger partial charge in [-0.3, -0.25) is 9.59 Å². The van der Waals surface area contributed by atoms with Crippen LogP contribution in [-0.2, 0) is 14.3 Å². The van der Waals surface area contributed by atoms with Crippen LogP contribution in [0.15, 0.2) is 48.5 Å². The van der Waals surface area contributed by atoms with Crippen molar-refractivity contribution in [3.8, 4) is 0 Å². The first kappa shape index (κ1) is 15.9. The van der Waals surface area contributed by atoms with E-state index in [0.29, 0.717) is 17.9 Å². The summed E-state index contributed by atoms with van der Waals surface area (Å²) in [6.45, 7) is 3.45. The molecule has 0 unspecified atom stereocenters. The second kappa shape index (κ2) is 6.28. The fourth-order valence-corrected chi connectivity index (χ4v) is 2.80. The number of hydrogen-bond acceptors (Lipinski definition) is 3. The minimum Gasteiger partial charge on any atom is -0.492 e. The summed E-state index contributed by atoms with van der Waals surface area (Å²) < 4.78 is 19.4. The topological polar surface area (TPSA) is 46.6 Å². The molecule has 24 heavy (non-hydrogen) atoms. The molecule has 2 aromatic rings. The molecule has 0 saturated heterocycles. The van der Waals surface area contributed by atoms with Gasteiger partial charge in [-0.15, -0.1) is 0 Å². The van der Waals surface area contributed by atoms with Crippen LogP contribution >= 0.6 is 0 Å². The number of carbonyl (C=O) groups excluding carboxylic acids is 2. The van der Waals surface area contributed by atoms with Crippen molar-refractivity contribution in [3.63, 3.8) is 0 Å². The summed E-state index contributed by atoms with van der Waals surface area (Å²) in [5, 5.41) is 0. The zero-order valence-corrected chi connectivity index (χ0v) is 13.4. The lowest BCUT2D eigenvalue weighted by Gasteiger charge is -2.13. The van der Waals surface area contributed by atoms with E-state index in [9.17, 15) is 14.0 Å². The molecule has 0 N–H and O–H groups in total. The molecule has 1 aliphatic heterocycles. The van der Waals surface area contributed by atoms with E-state index in [1.807, 2.05) is 37.3 Å². The third kappa shape index (κ3) is 2.58. The number of ether oxygens (including phenoxy) is 1. The fraction of sp³-hybridized carbons (Fsp3) is 0.158. The van der Waals surface area contributed by atoms with Gasteiger partial charge in [0.2, 0.25) is 5.91 Å². The van der Waals surface area contributed by atoms with E-state index in [2.05, 4.69) is 0 Å². The van der Waals surface area contributed by atoms with Gasteiger partial charge in [-0.25, -0.2) is 9.29 Å². The van der Waals surface area contributed by atoms with Gasteiger partial charge in [0.05, 0.1) is 17.9 Å². The van der Waals surface area contributed by atoms with Crippen molar-refractivity contribution in [2.24, 2.45) is 0 Å². The third-order valence-electron chi connectivity index (χ3n) is 3.75. The SMILES string of the molecule is CCOC(=C1C(=O)N(C(C)=O)c2cc(F)ccc21)c1ccccc1. The average Bonchev–Trinajstić information content (AvgIpc) is 2.84. The molecule has 0 spiro atoms. The maximum absolute atomic E-state index is 13.6. The lowest BCUT2D eigenvalue weighted by molar-refractivity contribution is -0.122. The fourth-order valence-electron chi connectivity index (χ4n) is 2.80. The predicted octanol–water partition coefficient (Wildman–Crippen LogP) is 3.62. The van der Waals surface area contributed by atoms with E-state index in [1.54, 1.807) is 0 Å². The summed E-state index contributed by atoms with van der Waals surface area (Å²) >= 11 is 0. The number of carbonyl (C=O) groups is 2. The highest BCUT2D eigenvalue weighted by molar-refractivity contribution is 6.42. The molecule has 122 valence electrons. The summed E-state index contributed by atoms with van der Waals surface area (Å²) in [6, 6.07) is 13.1. The molecule has 2 amide bonds. The Bertz CT molecular complexity index is 843. The molecule has 0 aliphatic carbocycles. The summed E-state index contributed by atoms with van der Waals surface area (Å²) in [5.74, 6) is -1.09. The number of amides is 2. The van der Waals surface area contributed by atoms with Gasteiger partial charge in [0.15, 0.2) is 0 Å². The van der Waals surface area contributed by atoms with E-state index >= 15 is 0 Å². The molecule has 4 nitrogen and oxygen atoms in total. The van der Waals surface area contributed by atoms with Gasteiger partial charge in [0.1, 0.15) is 11.6 Å². The maximum Gasteiger partial charge on any atom is 0.269 e. The van der Waals surface area contributed by atoms with Crippen molar-refractivity contribution >= 4 is 28.8 Å². The number of benzene rings is 2. The highest BCUT2D eigenvalue weighted by atomic mass is 19.1. The molecular weight excluding hydrogens is 309 g/mol. The summed E-state index contributed by atoms with van der Waals surface area (Å²) in [6.07, 6.45) is 0. The lowest BCUT2D eigenvalue weighted by Crippen LogP contribution is -2.31. The molecular formula is C19H16FNO3. The molecule has 0 radical (unpaired) electrons. The van der Waals surface area contributed by atoms with Crippen LogP contribution in [-0.4, -0.2) is 18.4 Å². The van der Waals surface area contributed by atoms with Crippen LogP contribution in [0.4, 0.5) is 10.1 Å². The number of halogens is 1. The molecule has 0 bridgehead atoms. The predicted molar refractivity (Wildman–Crippen MR) is 89.4 cm³/mol. The molecule has 0 saturated carbocycles. The Hall–Kier alpha value is -2.95. The second-order valence-electron chi connectivity index (χ2n) is 5.32. The Morgan fingerprint density at radius 2 is 1.88 bits per heavy atom. The smallest absolute Gasteiger partial charge is 0.269 e. The van der Waals surface area contributed by atoms with Crippen LogP contribution in [0.2, 0.25) is 0 Å². The Morgan fingerprint density at radius 3 is 2.50 bits per heavy atom. The normalized spacial score (nSPS) is 15.3. The van der Waals surface area contributed by atoms with Crippen LogP contribution in [0.1, 0.15) is 25.0 Å². The van der Waals surface area contributed by atoms with E-state index in [4.69, 9.17) is 4.74 Å². The van der Waals surface area contributed by atoms with E-state index < -0.39 is 17.6 Å². The third-order valence-corrected chi connectivity index (χ3v) is 3.75. The van der Waals surface area contributed by atoms with Gasteiger partial charge in [0.25, 0.3) is 5.91 Å². The van der Waals surface area contributed by atoms with Gasteiger partial charge in [0, 0.05) is 18.1 Å². The van der Waals surface area contributed by atoms with Crippen molar-refractivity contribution < 1.29 is 18.7 Å². The molecule has 0 fully saturated rings. The molecule has 1 heterocycles. The van der Waals surface area contributed by atoms with Crippen molar-refractivity contribution in [1.82, 2.24) is 0 Å². The number of imide groups is 1. The second-order valence-corrected chi connectivity index (χ2v) is 5.32. The first-order valence-corrected chi connectivity index (χ1v) is 7.62. The summed E-state index contributed by atoms with van der Waals surface area (Å²) in [4.78, 5) is 25.7. The van der Waals surface area contributed by atoms with Crippen LogP contribution in [0, 0.1) is 5.82 Å². The number of hydrogen-bond donors (Lipinski definition) is 0. The highest BCUT2D eigenvalue weighted by Crippen LogP contribution is 2.41. The van der Waals surface area contributed by atoms with Gasteiger partial charge in [-0.05, 0) is 25.1 Å². The van der Waals surface area contributed by atoms with Crippen LogP contribution < -0.4 is 4.90 Å². The number of nitrogens with zero attached hydrogens (tertiary/aromatic N) is 1. The molecule has 2 aromatic carbocycles. The Labute approximate surface area is 139 Å². The van der Waals surface area contributed by atoms with Gasteiger partial charge >= 0.3 is 0 Å². The van der Waals surface area contributed by atoms with Crippen LogP contribution in [0.5, 0.6) is 0 Å². The zero-order valence-electron chi connectivity index (χ0n) is 13.4. The lowest BCUT2D eigenvalue weighted by atomic mass is 10.0. The molecule has 0 aromatic heterocycles. The average molecular weight is 325 g/mol. The Morgan fingerprint density at radius 1 is 1.17 bits per heavy atom.